The van der Waals surface area contributed by atoms with Gasteiger partial charge in [-0.1, -0.05) is 13.3 Å². The molecule has 106 valence electrons. The van der Waals surface area contributed by atoms with Gasteiger partial charge in [0.2, 0.25) is 5.91 Å². The molecule has 1 rings (SSSR count). The van der Waals surface area contributed by atoms with Crippen LogP contribution in [0, 0.1) is 0 Å². The van der Waals surface area contributed by atoms with Crippen molar-refractivity contribution in [2.24, 2.45) is 0 Å². The second-order valence-corrected chi connectivity index (χ2v) is 5.09. The van der Waals surface area contributed by atoms with Crippen LogP contribution in [0.5, 0.6) is 0 Å². The van der Waals surface area contributed by atoms with Crippen LogP contribution < -0.4 is 10.6 Å². The van der Waals surface area contributed by atoms with Gasteiger partial charge in [-0.25, -0.2) is 0 Å². The third-order valence-electron chi connectivity index (χ3n) is 3.56. The monoisotopic (exact) mass is 255 g/mol. The number of nitrogens with zero attached hydrogens (tertiary/aromatic N) is 1. The highest BCUT2D eigenvalue weighted by molar-refractivity contribution is 5.75. The molecule has 4 heteroatoms. The number of likely N-dealkylation sites (tertiary alicyclic amines) is 1. The maximum absolute atomic E-state index is 11.5. The molecule has 2 N–H and O–H groups in total. The van der Waals surface area contributed by atoms with E-state index in [-0.39, 0.29) is 5.91 Å². The molecule has 1 atom stereocenters. The predicted octanol–water partition coefficient (Wildman–Crippen LogP) is 1.37. The van der Waals surface area contributed by atoms with Gasteiger partial charge in [-0.05, 0) is 39.3 Å². The first-order chi connectivity index (χ1) is 8.77. The highest BCUT2D eigenvalue weighted by Gasteiger charge is 2.21. The zero-order chi connectivity index (χ0) is 13.2. The molecule has 0 aromatic carbocycles. The SMILES string of the molecule is CCCNCC1CCCCN1CCC(=O)NCC. The van der Waals surface area contributed by atoms with Gasteiger partial charge in [-0.3, -0.25) is 9.69 Å². The number of hydrogen-bond acceptors (Lipinski definition) is 3. The molecule has 0 radical (unpaired) electrons. The average Bonchev–Trinajstić information content (AvgIpc) is 2.38. The lowest BCUT2D eigenvalue weighted by Crippen LogP contribution is -2.46. The second-order valence-electron chi connectivity index (χ2n) is 5.09. The summed E-state index contributed by atoms with van der Waals surface area (Å²) in [5.41, 5.74) is 0. The molecule has 1 aliphatic rings. The van der Waals surface area contributed by atoms with Gasteiger partial charge in [0.15, 0.2) is 0 Å². The predicted molar refractivity (Wildman–Crippen MR) is 75.7 cm³/mol. The largest absolute Gasteiger partial charge is 0.356 e. The maximum Gasteiger partial charge on any atom is 0.221 e. The minimum absolute atomic E-state index is 0.184. The molecule has 0 aromatic rings. The van der Waals surface area contributed by atoms with Crippen LogP contribution >= 0.6 is 0 Å². The van der Waals surface area contributed by atoms with E-state index in [4.69, 9.17) is 0 Å². The quantitative estimate of drug-likeness (QED) is 0.644. The Hall–Kier alpha value is -0.610. The summed E-state index contributed by atoms with van der Waals surface area (Å²) in [6, 6.07) is 0.625. The molecule has 0 saturated carbocycles. The Morgan fingerprint density at radius 1 is 1.33 bits per heavy atom. The lowest BCUT2D eigenvalue weighted by atomic mass is 10.0. The summed E-state index contributed by atoms with van der Waals surface area (Å²) in [6.07, 6.45) is 5.70. The zero-order valence-electron chi connectivity index (χ0n) is 12.0. The summed E-state index contributed by atoms with van der Waals surface area (Å²) in [5, 5.41) is 6.38. The normalized spacial score (nSPS) is 20.9. The Kier molecular flexibility index (Phi) is 8.01. The number of hydrogen-bond donors (Lipinski definition) is 2. The van der Waals surface area contributed by atoms with E-state index in [0.29, 0.717) is 12.5 Å². The van der Waals surface area contributed by atoms with Crippen LogP contribution in [-0.4, -0.2) is 49.6 Å². The van der Waals surface area contributed by atoms with Crippen LogP contribution in [-0.2, 0) is 4.79 Å². The van der Waals surface area contributed by atoms with E-state index in [9.17, 15) is 4.79 Å². The van der Waals surface area contributed by atoms with E-state index in [2.05, 4.69) is 22.5 Å². The molecule has 1 heterocycles. The first-order valence-corrected chi connectivity index (χ1v) is 7.49. The molecule has 0 aliphatic carbocycles. The molecular formula is C14H29N3O. The van der Waals surface area contributed by atoms with Gasteiger partial charge >= 0.3 is 0 Å². The molecule has 4 nitrogen and oxygen atoms in total. The summed E-state index contributed by atoms with van der Waals surface area (Å²) in [4.78, 5) is 14.0. The summed E-state index contributed by atoms with van der Waals surface area (Å²) in [5.74, 6) is 0.184. The van der Waals surface area contributed by atoms with Crippen LogP contribution in [0.2, 0.25) is 0 Å². The van der Waals surface area contributed by atoms with Crippen molar-refractivity contribution in [2.45, 2.75) is 52.0 Å². The topological polar surface area (TPSA) is 44.4 Å². The lowest BCUT2D eigenvalue weighted by molar-refractivity contribution is -0.121. The number of carbonyl (C=O) groups is 1. The summed E-state index contributed by atoms with van der Waals surface area (Å²) in [7, 11) is 0. The molecule has 0 bridgehead atoms. The summed E-state index contributed by atoms with van der Waals surface area (Å²) >= 11 is 0. The molecule has 0 aromatic heterocycles. The Balaban J connectivity index is 2.27. The molecule has 1 aliphatic heterocycles. The molecule has 1 unspecified atom stereocenters. The van der Waals surface area contributed by atoms with Crippen LogP contribution in [0.3, 0.4) is 0 Å². The van der Waals surface area contributed by atoms with Gasteiger partial charge in [-0.2, -0.15) is 0 Å². The molecule has 0 spiro atoms. The Morgan fingerprint density at radius 2 is 2.17 bits per heavy atom. The van der Waals surface area contributed by atoms with E-state index in [1.807, 2.05) is 6.92 Å². The highest BCUT2D eigenvalue weighted by atomic mass is 16.1. The third kappa shape index (κ3) is 5.83. The Labute approximate surface area is 111 Å². The fraction of sp³-hybridized carbons (Fsp3) is 0.929. The van der Waals surface area contributed by atoms with Crippen molar-refractivity contribution < 1.29 is 4.79 Å². The van der Waals surface area contributed by atoms with Gasteiger partial charge in [-0.15, -0.1) is 0 Å². The Bertz CT molecular complexity index is 233. The molecule has 1 fully saturated rings. The van der Waals surface area contributed by atoms with E-state index < -0.39 is 0 Å². The minimum Gasteiger partial charge on any atom is -0.356 e. The molecule has 1 amide bonds. The summed E-state index contributed by atoms with van der Waals surface area (Å²) in [6.45, 7) is 9.13. The molecule has 1 saturated heterocycles. The first-order valence-electron chi connectivity index (χ1n) is 7.49. The van der Waals surface area contributed by atoms with E-state index in [1.165, 1.54) is 25.7 Å². The van der Waals surface area contributed by atoms with Crippen molar-refractivity contribution >= 4 is 5.91 Å². The van der Waals surface area contributed by atoms with Crippen LogP contribution in [0.4, 0.5) is 0 Å². The van der Waals surface area contributed by atoms with Gasteiger partial charge < -0.3 is 10.6 Å². The van der Waals surface area contributed by atoms with Crippen molar-refractivity contribution in [3.8, 4) is 0 Å². The molecular weight excluding hydrogens is 226 g/mol. The summed E-state index contributed by atoms with van der Waals surface area (Å²) < 4.78 is 0. The number of piperidine rings is 1. The third-order valence-corrected chi connectivity index (χ3v) is 3.56. The Morgan fingerprint density at radius 3 is 2.89 bits per heavy atom. The van der Waals surface area contributed by atoms with Gasteiger partial charge in [0, 0.05) is 32.1 Å². The van der Waals surface area contributed by atoms with E-state index in [1.54, 1.807) is 0 Å². The fourth-order valence-corrected chi connectivity index (χ4v) is 2.56. The number of carbonyl (C=O) groups excluding carboxylic acids is 1. The van der Waals surface area contributed by atoms with Crippen LogP contribution in [0.15, 0.2) is 0 Å². The van der Waals surface area contributed by atoms with Crippen molar-refractivity contribution in [1.29, 1.82) is 0 Å². The fourth-order valence-electron chi connectivity index (χ4n) is 2.56. The van der Waals surface area contributed by atoms with Gasteiger partial charge in [0.05, 0.1) is 0 Å². The lowest BCUT2D eigenvalue weighted by Gasteiger charge is -2.35. The van der Waals surface area contributed by atoms with Gasteiger partial charge in [0.25, 0.3) is 0 Å². The van der Waals surface area contributed by atoms with Gasteiger partial charge in [0.1, 0.15) is 0 Å². The van der Waals surface area contributed by atoms with Crippen molar-refractivity contribution in [2.75, 3.05) is 32.7 Å². The van der Waals surface area contributed by atoms with Crippen LogP contribution in [0.25, 0.3) is 0 Å². The second kappa shape index (κ2) is 9.34. The van der Waals surface area contributed by atoms with E-state index in [0.717, 1.165) is 32.7 Å². The average molecular weight is 255 g/mol. The minimum atomic E-state index is 0.184. The first kappa shape index (κ1) is 15.4. The molecule has 18 heavy (non-hydrogen) atoms. The number of amides is 1. The smallest absolute Gasteiger partial charge is 0.221 e. The number of nitrogens with one attached hydrogen (secondary N) is 2. The van der Waals surface area contributed by atoms with Crippen LogP contribution in [0.1, 0.15) is 46.0 Å². The van der Waals surface area contributed by atoms with E-state index >= 15 is 0 Å². The zero-order valence-corrected chi connectivity index (χ0v) is 12.0. The number of rotatable bonds is 8. The van der Waals surface area contributed by atoms with Crippen molar-refractivity contribution in [3.05, 3.63) is 0 Å². The van der Waals surface area contributed by atoms with Crippen molar-refractivity contribution in [1.82, 2.24) is 15.5 Å². The highest BCUT2D eigenvalue weighted by Crippen LogP contribution is 2.16. The standard InChI is InChI=1S/C14H29N3O/c1-3-9-15-12-13-7-5-6-10-17(13)11-8-14(18)16-4-2/h13,15H,3-12H2,1-2H3,(H,16,18). The van der Waals surface area contributed by atoms with Crippen molar-refractivity contribution in [3.63, 3.8) is 0 Å². The maximum atomic E-state index is 11.5.